The molecule has 0 unspecified atom stereocenters. The van der Waals surface area contributed by atoms with Crippen LogP contribution in [0.4, 0.5) is 5.95 Å². The van der Waals surface area contributed by atoms with Gasteiger partial charge in [-0.3, -0.25) is 10.7 Å². The number of anilines is 1. The van der Waals surface area contributed by atoms with Gasteiger partial charge in [0.25, 0.3) is 0 Å². The number of aryl methyl sites for hydroxylation is 1. The molecular weight excluding hydrogens is 368 g/mol. The minimum absolute atomic E-state index is 0.132. The highest BCUT2D eigenvalue weighted by Gasteiger charge is 2.16. The Kier molecular flexibility index (Phi) is 5.47. The number of rotatable bonds is 3. The zero-order chi connectivity index (χ0) is 20.5. The van der Waals surface area contributed by atoms with Crippen molar-refractivity contribution in [1.29, 1.82) is 5.41 Å². The SMILES string of the molecule is Cc1nc(-c2ccc(C(C)(C)C)cc2)sc1-c1ccnc(NC(=N)N(C)C)n1. The molecule has 0 bridgehead atoms. The van der Waals surface area contributed by atoms with Gasteiger partial charge in [0.15, 0.2) is 5.96 Å². The third kappa shape index (κ3) is 4.36. The van der Waals surface area contributed by atoms with E-state index in [1.807, 2.05) is 13.0 Å². The Morgan fingerprint density at radius 2 is 1.75 bits per heavy atom. The first-order valence-corrected chi connectivity index (χ1v) is 9.91. The van der Waals surface area contributed by atoms with Gasteiger partial charge >= 0.3 is 0 Å². The molecular formula is C21H26N6S. The van der Waals surface area contributed by atoms with E-state index in [-0.39, 0.29) is 11.4 Å². The highest BCUT2D eigenvalue weighted by Crippen LogP contribution is 2.35. The minimum atomic E-state index is 0.132. The minimum Gasteiger partial charge on any atom is -0.349 e. The Morgan fingerprint density at radius 3 is 2.36 bits per heavy atom. The van der Waals surface area contributed by atoms with E-state index in [1.165, 1.54) is 5.56 Å². The molecule has 0 saturated heterocycles. The van der Waals surface area contributed by atoms with Crippen LogP contribution in [0.1, 0.15) is 32.0 Å². The lowest BCUT2D eigenvalue weighted by atomic mass is 9.87. The first-order chi connectivity index (χ1) is 13.1. The van der Waals surface area contributed by atoms with Crippen molar-refractivity contribution in [2.24, 2.45) is 0 Å². The Balaban J connectivity index is 1.89. The summed E-state index contributed by atoms with van der Waals surface area (Å²) in [6, 6.07) is 10.5. The quantitative estimate of drug-likeness (QED) is 0.494. The molecule has 3 rings (SSSR count). The van der Waals surface area contributed by atoms with Crippen LogP contribution in [0.2, 0.25) is 0 Å². The van der Waals surface area contributed by atoms with E-state index in [1.54, 1.807) is 36.5 Å². The molecule has 2 N–H and O–H groups in total. The summed E-state index contributed by atoms with van der Waals surface area (Å²) in [4.78, 5) is 16.2. The van der Waals surface area contributed by atoms with Crippen molar-refractivity contribution in [2.75, 3.05) is 19.4 Å². The molecule has 0 radical (unpaired) electrons. The lowest BCUT2D eigenvalue weighted by molar-refractivity contribution is 0.590. The second kappa shape index (κ2) is 7.67. The van der Waals surface area contributed by atoms with Crippen LogP contribution < -0.4 is 5.32 Å². The van der Waals surface area contributed by atoms with Crippen LogP contribution in [-0.4, -0.2) is 39.9 Å². The average Bonchev–Trinajstić information content (AvgIpc) is 3.03. The van der Waals surface area contributed by atoms with Crippen molar-refractivity contribution >= 4 is 23.2 Å². The number of nitrogens with zero attached hydrogens (tertiary/aromatic N) is 4. The standard InChI is InChI=1S/C21H26N6S/c1-13-17(16-11-12-23-20(25-16)26-19(22)27(5)6)28-18(24-13)14-7-9-15(10-8-14)21(2,3)4/h7-12H,1-6H3,(H2,22,23,25,26). The van der Waals surface area contributed by atoms with Crippen molar-refractivity contribution < 1.29 is 0 Å². The second-order valence-electron chi connectivity index (χ2n) is 7.89. The summed E-state index contributed by atoms with van der Waals surface area (Å²) in [6.07, 6.45) is 1.70. The maximum Gasteiger partial charge on any atom is 0.230 e. The zero-order valence-corrected chi connectivity index (χ0v) is 18.0. The van der Waals surface area contributed by atoms with Gasteiger partial charge in [0.05, 0.1) is 16.3 Å². The molecule has 0 amide bonds. The van der Waals surface area contributed by atoms with E-state index in [0.29, 0.717) is 5.95 Å². The number of thiazole rings is 1. The molecule has 0 aliphatic carbocycles. The summed E-state index contributed by atoms with van der Waals surface area (Å²) in [5.41, 5.74) is 4.28. The largest absolute Gasteiger partial charge is 0.349 e. The molecule has 146 valence electrons. The van der Waals surface area contributed by atoms with E-state index in [4.69, 9.17) is 10.4 Å². The molecule has 7 heteroatoms. The zero-order valence-electron chi connectivity index (χ0n) is 17.2. The van der Waals surface area contributed by atoms with Crippen LogP contribution in [0.15, 0.2) is 36.5 Å². The Morgan fingerprint density at radius 1 is 1.07 bits per heavy atom. The van der Waals surface area contributed by atoms with E-state index < -0.39 is 0 Å². The fourth-order valence-electron chi connectivity index (χ4n) is 2.63. The molecule has 3 aromatic rings. The smallest absolute Gasteiger partial charge is 0.230 e. The van der Waals surface area contributed by atoms with Crippen LogP contribution in [0.25, 0.3) is 21.1 Å². The van der Waals surface area contributed by atoms with Crippen LogP contribution in [0.5, 0.6) is 0 Å². The van der Waals surface area contributed by atoms with Gasteiger partial charge in [-0.25, -0.2) is 15.0 Å². The topological polar surface area (TPSA) is 77.8 Å². The molecule has 0 fully saturated rings. The second-order valence-corrected chi connectivity index (χ2v) is 8.89. The Bertz CT molecular complexity index is 983. The highest BCUT2D eigenvalue weighted by atomic mass is 32.1. The normalized spacial score (nSPS) is 11.4. The maximum atomic E-state index is 7.90. The molecule has 6 nitrogen and oxygen atoms in total. The fraction of sp³-hybridized carbons (Fsp3) is 0.333. The van der Waals surface area contributed by atoms with Crippen LogP contribution in [0.3, 0.4) is 0 Å². The molecule has 0 spiro atoms. The Labute approximate surface area is 170 Å². The summed E-state index contributed by atoms with van der Waals surface area (Å²) in [5, 5.41) is 11.8. The first kappa shape index (κ1) is 19.9. The number of benzene rings is 1. The number of aromatic nitrogens is 3. The summed E-state index contributed by atoms with van der Waals surface area (Å²) < 4.78 is 0. The van der Waals surface area contributed by atoms with Crippen LogP contribution in [0, 0.1) is 12.3 Å². The molecule has 2 aromatic heterocycles. The lowest BCUT2D eigenvalue weighted by Gasteiger charge is -2.18. The Hall–Kier alpha value is -2.80. The number of hydrogen-bond acceptors (Lipinski definition) is 5. The summed E-state index contributed by atoms with van der Waals surface area (Å²) in [5.74, 6) is 0.637. The summed E-state index contributed by atoms with van der Waals surface area (Å²) in [6.45, 7) is 8.63. The van der Waals surface area contributed by atoms with Crippen molar-refractivity contribution in [1.82, 2.24) is 19.9 Å². The monoisotopic (exact) mass is 394 g/mol. The molecule has 2 heterocycles. The summed E-state index contributed by atoms with van der Waals surface area (Å²) >= 11 is 1.62. The molecule has 0 aliphatic heterocycles. The van der Waals surface area contributed by atoms with Crippen molar-refractivity contribution in [3.8, 4) is 21.1 Å². The van der Waals surface area contributed by atoms with Gasteiger partial charge in [-0.05, 0) is 24.0 Å². The first-order valence-electron chi connectivity index (χ1n) is 9.10. The van der Waals surface area contributed by atoms with Gasteiger partial charge in [-0.2, -0.15) is 0 Å². The third-order valence-electron chi connectivity index (χ3n) is 4.36. The predicted octanol–water partition coefficient (Wildman–Crippen LogP) is 4.78. The van der Waals surface area contributed by atoms with Gasteiger partial charge in [0, 0.05) is 25.9 Å². The predicted molar refractivity (Wildman–Crippen MR) is 117 cm³/mol. The molecule has 0 saturated carbocycles. The van der Waals surface area contributed by atoms with Crippen molar-refractivity contribution in [3.05, 3.63) is 47.8 Å². The fourth-order valence-corrected chi connectivity index (χ4v) is 3.67. The highest BCUT2D eigenvalue weighted by molar-refractivity contribution is 7.18. The van der Waals surface area contributed by atoms with Gasteiger partial charge in [-0.15, -0.1) is 11.3 Å². The molecule has 0 aliphatic rings. The number of nitrogens with one attached hydrogen (secondary N) is 2. The average molecular weight is 395 g/mol. The number of guanidine groups is 1. The van der Waals surface area contributed by atoms with Gasteiger partial charge < -0.3 is 4.90 Å². The van der Waals surface area contributed by atoms with E-state index in [0.717, 1.165) is 26.8 Å². The number of hydrogen-bond donors (Lipinski definition) is 2. The van der Waals surface area contributed by atoms with E-state index in [2.05, 4.69) is 60.3 Å². The third-order valence-corrected chi connectivity index (χ3v) is 5.59. The molecule has 0 atom stereocenters. The van der Waals surface area contributed by atoms with Gasteiger partial charge in [0.2, 0.25) is 5.95 Å². The van der Waals surface area contributed by atoms with Crippen LogP contribution >= 0.6 is 11.3 Å². The van der Waals surface area contributed by atoms with E-state index >= 15 is 0 Å². The molecule has 28 heavy (non-hydrogen) atoms. The van der Waals surface area contributed by atoms with Gasteiger partial charge in [-0.1, -0.05) is 45.0 Å². The van der Waals surface area contributed by atoms with Crippen molar-refractivity contribution in [3.63, 3.8) is 0 Å². The van der Waals surface area contributed by atoms with Crippen LogP contribution in [-0.2, 0) is 5.41 Å². The summed E-state index contributed by atoms with van der Waals surface area (Å²) in [7, 11) is 3.59. The van der Waals surface area contributed by atoms with E-state index in [9.17, 15) is 0 Å². The van der Waals surface area contributed by atoms with Gasteiger partial charge in [0.1, 0.15) is 5.01 Å². The van der Waals surface area contributed by atoms with Crippen molar-refractivity contribution in [2.45, 2.75) is 33.1 Å². The maximum absolute atomic E-state index is 7.90. The molecule has 1 aromatic carbocycles. The lowest BCUT2D eigenvalue weighted by Crippen LogP contribution is -2.29.